The van der Waals surface area contributed by atoms with Crippen molar-refractivity contribution < 1.29 is 43.9 Å². The van der Waals surface area contributed by atoms with Gasteiger partial charge in [0.2, 0.25) is 16.8 Å². The van der Waals surface area contributed by atoms with Crippen LogP contribution < -0.4 is 14.2 Å². The summed E-state index contributed by atoms with van der Waals surface area (Å²) in [6, 6.07) is 63.3. The van der Waals surface area contributed by atoms with Gasteiger partial charge in [0.25, 0.3) is 0 Å². The molecular weight excluding hydrogens is 1180 g/mol. The Hall–Kier alpha value is -10.1. The van der Waals surface area contributed by atoms with Gasteiger partial charge in [-0.1, -0.05) is 192 Å². The summed E-state index contributed by atoms with van der Waals surface area (Å²) in [5.74, 6) is -2.43. The van der Waals surface area contributed by atoms with Crippen molar-refractivity contribution in [3.63, 3.8) is 0 Å². The Kier molecular flexibility index (Phi) is 21.6. The van der Waals surface area contributed by atoms with Gasteiger partial charge in [-0.2, -0.15) is 0 Å². The molecule has 3 N–H and O–H groups in total. The highest BCUT2D eigenvalue weighted by Gasteiger charge is 2.41. The average Bonchev–Trinajstić information content (AvgIpc) is 1.51. The number of aliphatic carboxylic acids is 3. The predicted molar refractivity (Wildman–Crippen MR) is 345 cm³/mol. The molecule has 452 valence electrons. The van der Waals surface area contributed by atoms with Crippen LogP contribution in [0.5, 0.6) is 17.2 Å². The highest BCUT2D eigenvalue weighted by Crippen LogP contribution is 2.38. The first-order chi connectivity index (χ1) is 40.4. The third kappa shape index (κ3) is 14.2. The van der Waals surface area contributed by atoms with Gasteiger partial charge >= 0.3 is 17.9 Å². The molecule has 3 atom stereocenters. The topological polar surface area (TPSA) is 232 Å². The highest BCUT2D eigenvalue weighted by molar-refractivity contribution is 6.31. The van der Waals surface area contributed by atoms with Crippen molar-refractivity contribution >= 4 is 85.8 Å². The van der Waals surface area contributed by atoms with Crippen molar-refractivity contribution in [2.75, 3.05) is 0 Å². The quantitative estimate of drug-likeness (QED) is 0.0866. The third-order valence-corrected chi connectivity index (χ3v) is 14.1. The zero-order valence-electron chi connectivity index (χ0n) is 44.7. The highest BCUT2D eigenvalue weighted by atomic mass is 35.5. The van der Waals surface area contributed by atoms with Crippen molar-refractivity contribution in [2.24, 2.45) is 0 Å². The Morgan fingerprint density at radius 3 is 0.716 bits per heavy atom. The summed E-state index contributed by atoms with van der Waals surface area (Å²) in [5.41, 5.74) is 2.33. The van der Waals surface area contributed by atoms with E-state index in [2.05, 4.69) is 30.6 Å². The van der Waals surface area contributed by atoms with Crippen LogP contribution in [0.2, 0.25) is 15.1 Å². The molecule has 3 unspecified atom stereocenters. The maximum atomic E-state index is 12.1. The van der Waals surface area contributed by atoms with Crippen LogP contribution in [0.1, 0.15) is 67.2 Å². The maximum absolute atomic E-state index is 12.1. The second-order valence-electron chi connectivity index (χ2n) is 19.2. The number of hydrogen-bond donors (Lipinski definition) is 3. The van der Waals surface area contributed by atoms with E-state index in [0.717, 1.165) is 0 Å². The number of benzene rings is 9. The zero-order valence-corrected chi connectivity index (χ0v) is 47.0. The molecule has 0 spiro atoms. The van der Waals surface area contributed by atoms with E-state index < -0.39 is 34.7 Å². The molecule has 3 heterocycles. The molecule has 0 radical (unpaired) electrons. The second kappa shape index (κ2) is 28.4. The monoisotopic (exact) mass is 1240 g/mol. The first kappa shape index (κ1) is 67.0. The van der Waals surface area contributed by atoms with E-state index in [1.54, 1.807) is 127 Å². The molecule has 0 saturated carbocycles. The molecule has 9 aromatic carbocycles. The van der Waals surface area contributed by atoms with E-state index in [1.165, 1.54) is 35.2 Å². The second-order valence-corrected chi connectivity index (χ2v) is 20.5. The number of carbonyl (C=O) groups is 3. The summed E-state index contributed by atoms with van der Waals surface area (Å²) in [6.45, 7) is 4.53. The van der Waals surface area contributed by atoms with Crippen LogP contribution in [0.25, 0.3) is 50.2 Å². The lowest BCUT2D eigenvalue weighted by Crippen LogP contribution is -2.38. The molecule has 18 nitrogen and oxygen atoms in total. The molecule has 3 aromatic heterocycles. The lowest BCUT2D eigenvalue weighted by Gasteiger charge is -2.27. The van der Waals surface area contributed by atoms with E-state index in [1.807, 2.05) is 91.0 Å². The van der Waals surface area contributed by atoms with Crippen LogP contribution in [-0.4, -0.2) is 78.2 Å². The first-order valence-electron chi connectivity index (χ1n) is 25.7. The van der Waals surface area contributed by atoms with Crippen LogP contribution in [0, 0.1) is 0 Å². The number of rotatable bonds is 15. The van der Waals surface area contributed by atoms with Crippen LogP contribution in [0.4, 0.5) is 0 Å². The number of fused-ring (bicyclic) bond motifs is 3. The molecule has 12 aromatic rings. The standard InChI is InChI=1S/3C21H16ClN3O3.4CH4/c3*1-21(20(26)27,14-7-3-2-4-8-14)28-19-12-11-15(22)13-18(19)25-23-16-9-5-6-10-17(16)24-25;;;;/h3*2-13H,1H3,(H,26,27);4*1H4. The van der Waals surface area contributed by atoms with Gasteiger partial charge in [0.15, 0.2) is 0 Å². The van der Waals surface area contributed by atoms with Crippen molar-refractivity contribution in [3.8, 4) is 34.3 Å². The molecule has 0 bridgehead atoms. The van der Waals surface area contributed by atoms with Gasteiger partial charge in [-0.15, -0.1) is 45.0 Å². The van der Waals surface area contributed by atoms with Gasteiger partial charge in [-0.3, -0.25) is 0 Å². The number of aromatic nitrogens is 9. The van der Waals surface area contributed by atoms with E-state index in [4.69, 9.17) is 49.0 Å². The number of halogens is 3. The first-order valence-corrected chi connectivity index (χ1v) is 26.8. The molecule has 12 rings (SSSR count). The molecule has 88 heavy (non-hydrogen) atoms. The van der Waals surface area contributed by atoms with Gasteiger partial charge in [-0.25, -0.2) is 14.4 Å². The number of carboxylic acids is 3. The van der Waals surface area contributed by atoms with Crippen molar-refractivity contribution in [2.45, 2.75) is 67.3 Å². The summed E-state index contributed by atoms with van der Waals surface area (Å²) in [6.07, 6.45) is 0. The molecule has 0 aliphatic rings. The van der Waals surface area contributed by atoms with E-state index in [-0.39, 0.29) is 29.7 Å². The van der Waals surface area contributed by atoms with E-state index in [9.17, 15) is 29.7 Å². The van der Waals surface area contributed by atoms with E-state index in [0.29, 0.717) is 99.2 Å². The number of carboxylic acid groups (broad SMARTS) is 3. The minimum atomic E-state index is -1.60. The Bertz CT molecular complexity index is 3820. The smallest absolute Gasteiger partial charge is 0.352 e. The van der Waals surface area contributed by atoms with Gasteiger partial charge in [0.05, 0.1) is 0 Å². The lowest BCUT2D eigenvalue weighted by molar-refractivity contribution is -0.155. The van der Waals surface area contributed by atoms with Crippen molar-refractivity contribution in [1.82, 2.24) is 45.0 Å². The predicted octanol–water partition coefficient (Wildman–Crippen LogP) is 15.9. The Morgan fingerprint density at radius 2 is 0.523 bits per heavy atom. The van der Waals surface area contributed by atoms with Crippen LogP contribution >= 0.6 is 34.8 Å². The molecule has 0 amide bonds. The Morgan fingerprint density at radius 1 is 0.330 bits per heavy atom. The minimum absolute atomic E-state index is 0. The Labute approximate surface area is 523 Å². The fourth-order valence-electron chi connectivity index (χ4n) is 8.71. The summed E-state index contributed by atoms with van der Waals surface area (Å²) in [5, 5.41) is 57.8. The number of ether oxygens (including phenoxy) is 3. The van der Waals surface area contributed by atoms with Crippen molar-refractivity contribution in [1.29, 1.82) is 0 Å². The third-order valence-electron chi connectivity index (χ3n) is 13.4. The SMILES string of the molecule is C.C.C.C.CC(Oc1ccc(Cl)cc1-n1nc2ccccc2n1)(C(=O)O)c1ccccc1.CC(Oc1ccc(Cl)cc1-n1nc2ccccc2n1)(C(=O)O)c1ccccc1.CC(Oc1ccc(Cl)cc1-n1nc2ccccc2n1)(C(=O)O)c1ccccc1. The minimum Gasteiger partial charge on any atom is -0.478 e. The number of hydrogen-bond acceptors (Lipinski definition) is 12. The molecule has 21 heteroatoms. The average molecular weight is 1250 g/mol. The fourth-order valence-corrected chi connectivity index (χ4v) is 9.21. The normalized spacial score (nSPS) is 12.6. The van der Waals surface area contributed by atoms with Crippen LogP contribution in [-0.2, 0) is 31.2 Å². The van der Waals surface area contributed by atoms with Gasteiger partial charge in [0.1, 0.15) is 67.4 Å². The summed E-state index contributed by atoms with van der Waals surface area (Å²) >= 11 is 18.5. The fraction of sp³-hybridized carbons (Fsp3) is 0.149. The van der Waals surface area contributed by atoms with Gasteiger partial charge in [0, 0.05) is 31.8 Å². The largest absolute Gasteiger partial charge is 0.478 e. The van der Waals surface area contributed by atoms with Gasteiger partial charge < -0.3 is 29.5 Å². The Balaban J connectivity index is 0.000000206. The molecule has 0 aliphatic carbocycles. The summed E-state index contributed by atoms with van der Waals surface area (Å²) in [7, 11) is 0. The van der Waals surface area contributed by atoms with Crippen molar-refractivity contribution in [3.05, 3.63) is 250 Å². The van der Waals surface area contributed by atoms with Gasteiger partial charge in [-0.05, 0) is 112 Å². The summed E-state index contributed by atoms with van der Waals surface area (Å²) < 4.78 is 18.1. The van der Waals surface area contributed by atoms with Crippen LogP contribution in [0.15, 0.2) is 218 Å². The molecule has 0 saturated heterocycles. The zero-order chi connectivity index (χ0) is 59.2. The maximum Gasteiger partial charge on any atom is 0.352 e. The number of nitrogens with zero attached hydrogens (tertiary/aromatic N) is 9. The van der Waals surface area contributed by atoms with E-state index >= 15 is 0 Å². The molecular formula is C67H64Cl3N9O9. The molecule has 0 aliphatic heterocycles. The van der Waals surface area contributed by atoms with Crippen LogP contribution in [0.3, 0.4) is 0 Å². The molecule has 0 fully saturated rings. The lowest BCUT2D eigenvalue weighted by atomic mass is 9.96. The summed E-state index contributed by atoms with van der Waals surface area (Å²) in [4.78, 5) is 40.5.